The van der Waals surface area contributed by atoms with E-state index >= 15 is 0 Å². The Kier molecular flexibility index (Phi) is 38.1. The van der Waals surface area contributed by atoms with Crippen molar-refractivity contribution in [3.8, 4) is 0 Å². The zero-order valence-electron chi connectivity index (χ0n) is 28.8. The minimum atomic E-state index is -0.577. The molecule has 0 fully saturated rings. The summed E-state index contributed by atoms with van der Waals surface area (Å²) in [4.78, 5) is 57.0. The number of esters is 2. The average Bonchev–Trinajstić information content (AvgIpc) is 3.00. The minimum absolute atomic E-state index is 0. The fourth-order valence-electron chi connectivity index (χ4n) is 3.13. The standard InChI is InChI=1S/C18H26N2O5.C13H18N2O3.2CH3.2HI.2V/c1-18(2,3)25-17(23)20-11-9-15(21)19-12-10-16(22)24-13-14-7-5-4-6-8-14;14-8-6-12(16)15-9-7-13(17)18-10-11-4-2-1-3-5-11;;;;;;/h4-8H,9-13H2,1-3H3,(H,19,21)(H,20,23);1-5H,6-10,14H2,(H,15,16);2*1H3;2*1H;;/q;;2*-1;;;;+2/p-2. The van der Waals surface area contributed by atoms with E-state index in [0.29, 0.717) is 16.0 Å². The summed E-state index contributed by atoms with van der Waals surface area (Å²) < 4.78 is 15.2. The van der Waals surface area contributed by atoms with Gasteiger partial charge in [0, 0.05) is 57.6 Å². The van der Waals surface area contributed by atoms with Gasteiger partial charge in [0.05, 0.1) is 12.8 Å². The van der Waals surface area contributed by atoms with Crippen LogP contribution in [0.3, 0.4) is 0 Å². The van der Waals surface area contributed by atoms with Gasteiger partial charge in [0.25, 0.3) is 0 Å². The molecule has 0 bridgehead atoms. The topological polar surface area (TPSA) is 175 Å². The van der Waals surface area contributed by atoms with Gasteiger partial charge in [0.15, 0.2) is 0 Å². The Bertz CT molecular complexity index is 1160. The van der Waals surface area contributed by atoms with Gasteiger partial charge in [-0.05, 0) is 31.9 Å². The molecule has 2 aromatic rings. The average molecular weight is 986 g/mol. The van der Waals surface area contributed by atoms with Crippen LogP contribution in [0, 0.1) is 14.9 Å². The third-order valence-electron chi connectivity index (χ3n) is 5.18. The molecule has 0 aliphatic heterocycles. The largest absolute Gasteiger partial charge is 0 e. The zero-order chi connectivity index (χ0) is 34.6. The van der Waals surface area contributed by atoms with Crippen LogP contribution in [0.1, 0.15) is 57.6 Å². The van der Waals surface area contributed by atoms with Gasteiger partial charge >= 0.3 is 67.5 Å². The van der Waals surface area contributed by atoms with Crippen LogP contribution in [-0.4, -0.2) is 61.6 Å². The molecule has 0 saturated carbocycles. The summed E-state index contributed by atoms with van der Waals surface area (Å²) in [7, 11) is 0.628. The van der Waals surface area contributed by atoms with Crippen molar-refractivity contribution >= 4 is 69.8 Å². The predicted molar refractivity (Wildman–Crippen MR) is 201 cm³/mol. The Morgan fingerprint density at radius 1 is 0.673 bits per heavy atom. The van der Waals surface area contributed by atoms with E-state index in [1.165, 1.54) is 0 Å². The molecule has 1 radical (unpaired) electrons. The molecule has 12 nitrogen and oxygen atoms in total. The van der Waals surface area contributed by atoms with E-state index in [1.54, 1.807) is 20.8 Å². The number of hydrogen-bond acceptors (Lipinski definition) is 9. The second-order valence-electron chi connectivity index (χ2n) is 10.3. The summed E-state index contributed by atoms with van der Waals surface area (Å²) in [5, 5.41) is 7.69. The first-order valence-corrected chi connectivity index (χ1v) is 23.4. The van der Waals surface area contributed by atoms with Crippen molar-refractivity contribution < 1.29 is 66.2 Å². The molecule has 3 amide bonds. The van der Waals surface area contributed by atoms with Crippen LogP contribution < -0.4 is 21.7 Å². The van der Waals surface area contributed by atoms with Crippen LogP contribution in [-0.2, 0) is 74.6 Å². The molecule has 276 valence electrons. The number of nitrogens with two attached hydrogens (primary N) is 1. The number of amides is 3. The van der Waals surface area contributed by atoms with E-state index < -0.39 is 11.7 Å². The Hall–Kier alpha value is -1.82. The van der Waals surface area contributed by atoms with Gasteiger partial charge in [0.1, 0.15) is 18.8 Å². The molecule has 2 aromatic carbocycles. The maximum absolute atomic E-state index is 11.6. The smallest absolute Gasteiger partial charge is 0 e. The Morgan fingerprint density at radius 3 is 1.41 bits per heavy atom. The number of carbonyl (C=O) groups excluding carboxylic acids is 5. The molecule has 0 saturated heterocycles. The molecule has 16 heteroatoms. The van der Waals surface area contributed by atoms with Crippen molar-refractivity contribution in [3.05, 3.63) is 86.6 Å². The Morgan fingerprint density at radius 2 is 1.04 bits per heavy atom. The van der Waals surface area contributed by atoms with Crippen molar-refractivity contribution in [1.82, 2.24) is 16.0 Å². The second-order valence-corrected chi connectivity index (χ2v) is 22.1. The molecule has 49 heavy (non-hydrogen) atoms. The fraction of sp³-hybridized carbons (Fsp3) is 0.424. The summed E-state index contributed by atoms with van der Waals surface area (Å²) in [6, 6.07) is 18.8. The van der Waals surface area contributed by atoms with Crippen LogP contribution in [0.2, 0.25) is 0 Å². The van der Waals surface area contributed by atoms with Gasteiger partial charge in [0.2, 0.25) is 11.8 Å². The summed E-state index contributed by atoms with van der Waals surface area (Å²) >= 11 is 4.74. The maximum atomic E-state index is 11.6. The van der Waals surface area contributed by atoms with E-state index in [-0.39, 0.29) is 116 Å². The fourth-order valence-corrected chi connectivity index (χ4v) is 3.13. The first-order valence-electron chi connectivity index (χ1n) is 14.4. The quantitative estimate of drug-likeness (QED) is 0.0789. The third kappa shape index (κ3) is 35.8. The van der Waals surface area contributed by atoms with Crippen molar-refractivity contribution in [2.75, 3.05) is 26.2 Å². The van der Waals surface area contributed by atoms with Crippen LogP contribution in [0.25, 0.3) is 0 Å². The van der Waals surface area contributed by atoms with Crippen molar-refractivity contribution in [2.45, 2.75) is 65.3 Å². The van der Waals surface area contributed by atoms with Gasteiger partial charge in [-0.1, -0.05) is 60.7 Å². The Labute approximate surface area is 333 Å². The third-order valence-corrected chi connectivity index (χ3v) is 5.18. The molecule has 2 rings (SSSR count). The number of hydrogen-bond donors (Lipinski definition) is 4. The molecular weight excluding hydrogens is 936 g/mol. The molecule has 0 heterocycles. The molecule has 5 N–H and O–H groups in total. The predicted octanol–water partition coefficient (Wildman–Crippen LogP) is 5.40. The molecule has 0 atom stereocenters. The molecule has 0 unspecified atom stereocenters. The second kappa shape index (κ2) is 34.6. The molecular formula is C33H50I2N4O8V2-2. The number of nitrogens with one attached hydrogen (secondary N) is 3. The number of alkyl carbamates (subject to hydrolysis) is 1. The zero-order valence-corrected chi connectivity index (χ0v) is 35.9. The van der Waals surface area contributed by atoms with Crippen LogP contribution in [0.15, 0.2) is 60.7 Å². The van der Waals surface area contributed by atoms with Crippen LogP contribution >= 0.6 is 40.0 Å². The van der Waals surface area contributed by atoms with Crippen LogP contribution in [0.5, 0.6) is 0 Å². The number of benzene rings is 2. The molecule has 0 aliphatic carbocycles. The normalized spacial score (nSPS) is 9.35. The summed E-state index contributed by atoms with van der Waals surface area (Å²) in [6.07, 6.45) is 0.0864. The van der Waals surface area contributed by atoms with Crippen molar-refractivity contribution in [3.63, 3.8) is 0 Å². The number of ether oxygens (including phenoxy) is 3. The van der Waals surface area contributed by atoms with Crippen molar-refractivity contribution in [2.24, 2.45) is 5.73 Å². The minimum Gasteiger partial charge on any atom is 0 e. The van der Waals surface area contributed by atoms with E-state index in [2.05, 4.69) is 55.9 Å². The summed E-state index contributed by atoms with van der Waals surface area (Å²) in [6.45, 7) is 6.71. The van der Waals surface area contributed by atoms with E-state index in [4.69, 9.17) is 19.9 Å². The summed E-state index contributed by atoms with van der Waals surface area (Å²) in [5.74, 6) is -1.11. The van der Waals surface area contributed by atoms with Gasteiger partial charge in [-0.25, -0.2) is 4.79 Å². The van der Waals surface area contributed by atoms with E-state index in [0.717, 1.165) is 11.1 Å². The maximum Gasteiger partial charge on any atom is 0 e. The molecule has 0 spiro atoms. The van der Waals surface area contributed by atoms with Gasteiger partial charge in [-0.2, -0.15) is 0 Å². The first kappa shape index (κ1) is 54.0. The van der Waals surface area contributed by atoms with Gasteiger partial charge in [-0.3, -0.25) is 19.2 Å². The SMILES string of the molecule is CC(C)(C)OC(=O)NCCC(=O)NCCC(=O)OCc1ccccc1.NCCC(=O)NCCC(=O)OCc1ccccc1.[CH3-].[CH3-].[I][V][I].[V]. The summed E-state index contributed by atoms with van der Waals surface area (Å²) in [5.41, 5.74) is 6.50. The number of halogens is 2. The van der Waals surface area contributed by atoms with Crippen LogP contribution in [0.4, 0.5) is 4.79 Å². The van der Waals surface area contributed by atoms with Crippen molar-refractivity contribution in [1.29, 1.82) is 0 Å². The van der Waals surface area contributed by atoms with Gasteiger partial charge in [-0.15, -0.1) is 0 Å². The monoisotopic (exact) mass is 986 g/mol. The van der Waals surface area contributed by atoms with E-state index in [9.17, 15) is 24.0 Å². The Balaban J connectivity index is -0.000000375. The van der Waals surface area contributed by atoms with E-state index in [1.807, 2.05) is 60.7 Å². The molecule has 0 aromatic heterocycles. The first-order chi connectivity index (χ1) is 21.9. The van der Waals surface area contributed by atoms with Gasteiger partial charge < -0.3 is 50.7 Å². The molecule has 0 aliphatic rings. The number of carbonyl (C=O) groups is 5. The number of rotatable bonds is 15.